The van der Waals surface area contributed by atoms with Gasteiger partial charge in [0.05, 0.1) is 0 Å². The number of hydrogen-bond acceptors (Lipinski definition) is 4. The van der Waals surface area contributed by atoms with Crippen LogP contribution >= 0.6 is 0 Å². The first kappa shape index (κ1) is 15.3. The highest BCUT2D eigenvalue weighted by Gasteiger charge is 2.27. The minimum Gasteiger partial charge on any atom is -0.359 e. The fraction of sp³-hybridized carbons (Fsp3) is 0.706. The summed E-state index contributed by atoms with van der Waals surface area (Å²) in [5.41, 5.74) is 2.60. The molecule has 3 rings (SSSR count). The number of hydrogen-bond donors (Lipinski definition) is 0. The Bertz CT molecular complexity index is 572. The minimum absolute atomic E-state index is 0.195. The lowest BCUT2D eigenvalue weighted by Crippen LogP contribution is -2.31. The van der Waals surface area contributed by atoms with Crippen molar-refractivity contribution in [2.75, 3.05) is 31.6 Å². The van der Waals surface area contributed by atoms with Crippen molar-refractivity contribution in [3.8, 4) is 0 Å². The normalized spacial score (nSPS) is 20.9. The Hall–Kier alpha value is -1.65. The van der Waals surface area contributed by atoms with Gasteiger partial charge in [0.1, 0.15) is 11.6 Å². The van der Waals surface area contributed by atoms with Crippen LogP contribution in [0.5, 0.6) is 0 Å². The summed E-state index contributed by atoms with van der Waals surface area (Å²) in [5, 5.41) is 0. The van der Waals surface area contributed by atoms with Gasteiger partial charge in [-0.15, -0.1) is 0 Å². The van der Waals surface area contributed by atoms with Gasteiger partial charge in [-0.05, 0) is 44.9 Å². The summed E-state index contributed by atoms with van der Waals surface area (Å²) in [7, 11) is 2.13. The lowest BCUT2D eigenvalue weighted by molar-refractivity contribution is -0.127. The van der Waals surface area contributed by atoms with Crippen molar-refractivity contribution >= 4 is 11.7 Å². The number of aryl methyl sites for hydroxylation is 2. The van der Waals surface area contributed by atoms with Crippen LogP contribution in [-0.4, -0.2) is 47.5 Å². The molecule has 1 saturated heterocycles. The molecule has 0 spiro atoms. The SMILES string of the molecule is CC(=O)N1CCC(CN(C)c2nc(C)nc3c2CCCC3)C1. The smallest absolute Gasteiger partial charge is 0.219 e. The molecule has 2 aliphatic rings. The van der Waals surface area contributed by atoms with Crippen LogP contribution in [0.2, 0.25) is 0 Å². The lowest BCUT2D eigenvalue weighted by atomic mass is 9.96. The van der Waals surface area contributed by atoms with E-state index in [9.17, 15) is 4.79 Å². The van der Waals surface area contributed by atoms with Crippen LogP contribution in [0.25, 0.3) is 0 Å². The second-order valence-corrected chi connectivity index (χ2v) is 6.73. The fourth-order valence-corrected chi connectivity index (χ4v) is 3.75. The lowest BCUT2D eigenvalue weighted by Gasteiger charge is -2.27. The average Bonchev–Trinajstić information content (AvgIpc) is 2.95. The number of rotatable bonds is 3. The summed E-state index contributed by atoms with van der Waals surface area (Å²) in [5.74, 6) is 2.73. The number of likely N-dealkylation sites (tertiary alicyclic amines) is 1. The highest BCUT2D eigenvalue weighted by molar-refractivity contribution is 5.73. The van der Waals surface area contributed by atoms with Gasteiger partial charge in [-0.25, -0.2) is 9.97 Å². The monoisotopic (exact) mass is 302 g/mol. The van der Waals surface area contributed by atoms with Crippen molar-refractivity contribution in [3.05, 3.63) is 17.1 Å². The number of amides is 1. The molecule has 0 aromatic carbocycles. The Morgan fingerprint density at radius 2 is 2.09 bits per heavy atom. The molecule has 0 saturated carbocycles. The summed E-state index contributed by atoms with van der Waals surface area (Å²) in [6.45, 7) is 6.39. The van der Waals surface area contributed by atoms with Crippen molar-refractivity contribution in [2.45, 2.75) is 46.0 Å². The predicted molar refractivity (Wildman–Crippen MR) is 87.0 cm³/mol. The molecule has 0 bridgehead atoms. The van der Waals surface area contributed by atoms with Crippen LogP contribution in [0.3, 0.4) is 0 Å². The molecule has 1 aromatic heterocycles. The van der Waals surface area contributed by atoms with E-state index in [4.69, 9.17) is 4.98 Å². The minimum atomic E-state index is 0.195. The van der Waals surface area contributed by atoms with Crippen LogP contribution < -0.4 is 4.90 Å². The molecule has 0 radical (unpaired) electrons. The zero-order valence-electron chi connectivity index (χ0n) is 13.9. The Morgan fingerprint density at radius 1 is 1.32 bits per heavy atom. The Morgan fingerprint density at radius 3 is 2.82 bits per heavy atom. The van der Waals surface area contributed by atoms with E-state index in [1.807, 2.05) is 11.8 Å². The van der Waals surface area contributed by atoms with Crippen LogP contribution in [0, 0.1) is 12.8 Å². The Labute approximate surface area is 132 Å². The van der Waals surface area contributed by atoms with Gasteiger partial charge in [0.2, 0.25) is 5.91 Å². The fourth-order valence-electron chi connectivity index (χ4n) is 3.75. The predicted octanol–water partition coefficient (Wildman–Crippen LogP) is 1.97. The topological polar surface area (TPSA) is 49.3 Å². The molecule has 120 valence electrons. The molecule has 1 unspecified atom stereocenters. The van der Waals surface area contributed by atoms with Gasteiger partial charge in [-0.2, -0.15) is 0 Å². The summed E-state index contributed by atoms with van der Waals surface area (Å²) in [4.78, 5) is 25.1. The maximum Gasteiger partial charge on any atom is 0.219 e. The number of fused-ring (bicyclic) bond motifs is 1. The summed E-state index contributed by atoms with van der Waals surface area (Å²) in [6, 6.07) is 0. The third-order valence-corrected chi connectivity index (χ3v) is 4.90. The largest absolute Gasteiger partial charge is 0.359 e. The van der Waals surface area contributed by atoms with Gasteiger partial charge in [0.25, 0.3) is 0 Å². The molecule has 1 atom stereocenters. The molecular formula is C17H26N4O. The van der Waals surface area contributed by atoms with E-state index < -0.39 is 0 Å². The quantitative estimate of drug-likeness (QED) is 0.856. The van der Waals surface area contributed by atoms with Crippen LogP contribution in [0.1, 0.15) is 43.3 Å². The molecule has 22 heavy (non-hydrogen) atoms. The van der Waals surface area contributed by atoms with E-state index in [1.165, 1.54) is 24.1 Å². The number of anilines is 1. The van der Waals surface area contributed by atoms with Crippen LogP contribution in [0.15, 0.2) is 0 Å². The summed E-state index contributed by atoms with van der Waals surface area (Å²) < 4.78 is 0. The number of nitrogens with zero attached hydrogens (tertiary/aromatic N) is 4. The highest BCUT2D eigenvalue weighted by atomic mass is 16.2. The van der Waals surface area contributed by atoms with Crippen LogP contribution in [0.4, 0.5) is 5.82 Å². The first-order valence-corrected chi connectivity index (χ1v) is 8.37. The number of carbonyl (C=O) groups excluding carboxylic acids is 1. The van der Waals surface area contributed by atoms with Crippen molar-refractivity contribution < 1.29 is 4.79 Å². The molecule has 0 N–H and O–H groups in total. The Kier molecular flexibility index (Phi) is 4.32. The first-order valence-electron chi connectivity index (χ1n) is 8.37. The zero-order chi connectivity index (χ0) is 15.7. The van der Waals surface area contributed by atoms with Crippen molar-refractivity contribution in [2.24, 2.45) is 5.92 Å². The molecule has 5 nitrogen and oxygen atoms in total. The maximum atomic E-state index is 11.5. The standard InChI is InChI=1S/C17H26N4O/c1-12-18-16-7-5-4-6-15(16)17(19-12)20(3)10-14-8-9-21(11-14)13(2)22/h14H,4-11H2,1-3H3. The first-order chi connectivity index (χ1) is 10.5. The number of aromatic nitrogens is 2. The van der Waals surface area contributed by atoms with E-state index >= 15 is 0 Å². The van der Waals surface area contributed by atoms with Crippen molar-refractivity contribution in [1.29, 1.82) is 0 Å². The summed E-state index contributed by atoms with van der Waals surface area (Å²) >= 11 is 0. The van der Waals surface area contributed by atoms with Gasteiger partial charge in [0.15, 0.2) is 0 Å². The Balaban J connectivity index is 1.74. The van der Waals surface area contributed by atoms with E-state index in [2.05, 4.69) is 16.9 Å². The van der Waals surface area contributed by atoms with E-state index in [1.54, 1.807) is 6.92 Å². The van der Waals surface area contributed by atoms with Crippen LogP contribution in [-0.2, 0) is 17.6 Å². The molecule has 1 fully saturated rings. The molecule has 2 heterocycles. The van der Waals surface area contributed by atoms with Gasteiger partial charge >= 0.3 is 0 Å². The zero-order valence-corrected chi connectivity index (χ0v) is 13.9. The molecule has 1 aliphatic carbocycles. The van der Waals surface area contributed by atoms with Crippen molar-refractivity contribution in [3.63, 3.8) is 0 Å². The molecule has 1 amide bonds. The van der Waals surface area contributed by atoms with E-state index in [0.29, 0.717) is 5.92 Å². The molecule has 1 aliphatic heterocycles. The third kappa shape index (κ3) is 3.08. The average molecular weight is 302 g/mol. The van der Waals surface area contributed by atoms with E-state index in [0.717, 1.165) is 50.5 Å². The highest BCUT2D eigenvalue weighted by Crippen LogP contribution is 2.28. The summed E-state index contributed by atoms with van der Waals surface area (Å²) in [6.07, 6.45) is 5.75. The third-order valence-electron chi connectivity index (χ3n) is 4.90. The molecular weight excluding hydrogens is 276 g/mol. The number of carbonyl (C=O) groups is 1. The molecule has 5 heteroatoms. The van der Waals surface area contributed by atoms with Gasteiger partial charge in [-0.1, -0.05) is 0 Å². The maximum absolute atomic E-state index is 11.5. The molecule has 1 aromatic rings. The van der Waals surface area contributed by atoms with Crippen molar-refractivity contribution in [1.82, 2.24) is 14.9 Å². The van der Waals surface area contributed by atoms with Gasteiger partial charge < -0.3 is 9.80 Å². The second kappa shape index (κ2) is 6.23. The van der Waals surface area contributed by atoms with Gasteiger partial charge in [-0.3, -0.25) is 4.79 Å². The van der Waals surface area contributed by atoms with E-state index in [-0.39, 0.29) is 5.91 Å². The van der Waals surface area contributed by atoms with Gasteiger partial charge in [0, 0.05) is 44.9 Å². The second-order valence-electron chi connectivity index (χ2n) is 6.73.